The second-order valence-corrected chi connectivity index (χ2v) is 2.64. The van der Waals surface area contributed by atoms with Crippen LogP contribution in [0, 0.1) is 0 Å². The monoisotopic (exact) mass is 164 g/mol. The maximum absolute atomic E-state index is 11.1. The van der Waals surface area contributed by atoms with Gasteiger partial charge in [-0.25, -0.2) is 9.98 Å². The van der Waals surface area contributed by atoms with Crippen molar-refractivity contribution in [3.05, 3.63) is 12.2 Å². The third-order valence-corrected chi connectivity index (χ3v) is 1.71. The molecule has 0 aromatic rings. The molecule has 0 radical (unpaired) electrons. The lowest BCUT2D eigenvalue weighted by atomic mass is 10.0. The molecule has 0 N–H and O–H groups in total. The van der Waals surface area contributed by atoms with Gasteiger partial charge in [-0.1, -0.05) is 6.08 Å². The van der Waals surface area contributed by atoms with Gasteiger partial charge in [0.05, 0.1) is 5.71 Å². The first-order valence-electron chi connectivity index (χ1n) is 3.19. The number of nitrogens with zero attached hydrogens (tertiary/aromatic N) is 2. The van der Waals surface area contributed by atoms with Gasteiger partial charge < -0.3 is 0 Å². The van der Waals surface area contributed by atoms with E-state index in [9.17, 15) is 4.79 Å². The lowest BCUT2D eigenvalue weighted by Crippen LogP contribution is -2.22. The summed E-state index contributed by atoms with van der Waals surface area (Å²) in [5, 5.41) is 0.270. The summed E-state index contributed by atoms with van der Waals surface area (Å²) in [6.07, 6.45) is 3.95. The molecule has 11 heavy (non-hydrogen) atoms. The fraction of sp³-hybridized carbons (Fsp3) is 0.143. The number of hydrogen-bond acceptors (Lipinski definition) is 2. The second kappa shape index (κ2) is 2.17. The molecule has 3 nitrogen and oxygen atoms in total. The highest BCUT2D eigenvalue weighted by atomic mass is 32.1. The van der Waals surface area contributed by atoms with E-state index >= 15 is 0 Å². The van der Waals surface area contributed by atoms with Gasteiger partial charge in [-0.15, -0.1) is 0 Å². The number of thiocarbonyl (C=S) groups is 1. The summed E-state index contributed by atoms with van der Waals surface area (Å²) >= 11 is 4.73. The molecule has 0 spiro atoms. The first kappa shape index (κ1) is 6.54. The Kier molecular flexibility index (Phi) is 1.29. The molecular formula is C7H4N2OS. The first-order chi connectivity index (χ1) is 5.27. The standard InChI is InChI=1S/C7H4N2OS/c10-5-3-1-2-4-6(5)9-7(11)8-4/h1,3H,2H2. The normalized spacial score (nSPS) is 21.5. The molecule has 2 rings (SSSR count). The van der Waals surface area contributed by atoms with Crippen molar-refractivity contribution in [3.8, 4) is 0 Å². The van der Waals surface area contributed by atoms with Gasteiger partial charge in [0.1, 0.15) is 5.71 Å². The summed E-state index contributed by atoms with van der Waals surface area (Å²) < 4.78 is 0. The topological polar surface area (TPSA) is 41.8 Å². The Hall–Kier alpha value is -1.16. The number of hydrogen-bond donors (Lipinski definition) is 0. The van der Waals surface area contributed by atoms with Crippen molar-refractivity contribution in [2.45, 2.75) is 6.42 Å². The van der Waals surface area contributed by atoms with Crippen LogP contribution in [0.4, 0.5) is 0 Å². The van der Waals surface area contributed by atoms with Gasteiger partial charge in [0, 0.05) is 6.42 Å². The minimum absolute atomic E-state index is 0.0881. The quantitative estimate of drug-likeness (QED) is 0.494. The van der Waals surface area contributed by atoms with E-state index in [1.807, 2.05) is 0 Å². The Morgan fingerprint density at radius 3 is 3.00 bits per heavy atom. The molecule has 1 aliphatic heterocycles. The van der Waals surface area contributed by atoms with E-state index in [0.717, 1.165) is 0 Å². The zero-order chi connectivity index (χ0) is 7.84. The highest BCUT2D eigenvalue weighted by Crippen LogP contribution is 2.09. The van der Waals surface area contributed by atoms with Gasteiger partial charge >= 0.3 is 0 Å². The van der Waals surface area contributed by atoms with Crippen molar-refractivity contribution in [1.82, 2.24) is 0 Å². The summed E-state index contributed by atoms with van der Waals surface area (Å²) in [4.78, 5) is 18.8. The summed E-state index contributed by atoms with van der Waals surface area (Å²) in [6.45, 7) is 0. The number of fused-ring (bicyclic) bond motifs is 1. The van der Waals surface area contributed by atoms with Crippen LogP contribution < -0.4 is 0 Å². The van der Waals surface area contributed by atoms with Crippen LogP contribution in [0.2, 0.25) is 0 Å². The molecule has 1 heterocycles. The Morgan fingerprint density at radius 2 is 2.27 bits per heavy atom. The Balaban J connectivity index is 2.53. The fourth-order valence-electron chi connectivity index (χ4n) is 1.05. The molecule has 0 aromatic carbocycles. The Morgan fingerprint density at radius 1 is 1.45 bits per heavy atom. The number of allylic oxidation sites excluding steroid dienone is 2. The Labute approximate surface area is 68.5 Å². The highest BCUT2D eigenvalue weighted by molar-refractivity contribution is 7.80. The molecule has 0 bridgehead atoms. The molecule has 2 aliphatic rings. The van der Waals surface area contributed by atoms with Crippen molar-refractivity contribution < 1.29 is 4.79 Å². The number of rotatable bonds is 0. The lowest BCUT2D eigenvalue weighted by Gasteiger charge is -2.01. The molecule has 4 heteroatoms. The molecule has 0 saturated heterocycles. The predicted octanol–water partition coefficient (Wildman–Crippen LogP) is 0.696. The van der Waals surface area contributed by atoms with Crippen LogP contribution in [0.25, 0.3) is 0 Å². The van der Waals surface area contributed by atoms with E-state index in [2.05, 4.69) is 9.98 Å². The number of ketones is 1. The van der Waals surface area contributed by atoms with Crippen LogP contribution in [0.15, 0.2) is 22.1 Å². The van der Waals surface area contributed by atoms with E-state index in [0.29, 0.717) is 17.8 Å². The molecule has 0 fully saturated rings. The van der Waals surface area contributed by atoms with Crippen molar-refractivity contribution in [1.29, 1.82) is 0 Å². The van der Waals surface area contributed by atoms with Crippen LogP contribution in [-0.4, -0.2) is 22.3 Å². The minimum Gasteiger partial charge on any atom is -0.287 e. The van der Waals surface area contributed by atoms with Crippen LogP contribution in [-0.2, 0) is 4.79 Å². The van der Waals surface area contributed by atoms with Gasteiger partial charge in [-0.05, 0) is 18.3 Å². The zero-order valence-corrected chi connectivity index (χ0v) is 6.39. The van der Waals surface area contributed by atoms with Gasteiger partial charge in [-0.3, -0.25) is 4.79 Å². The summed E-state index contributed by atoms with van der Waals surface area (Å²) in [5.41, 5.74) is 1.14. The second-order valence-electron chi connectivity index (χ2n) is 2.27. The maximum Gasteiger partial charge on any atom is 0.220 e. The van der Waals surface area contributed by atoms with Gasteiger partial charge in [0.2, 0.25) is 10.9 Å². The zero-order valence-electron chi connectivity index (χ0n) is 5.57. The third-order valence-electron chi connectivity index (χ3n) is 1.53. The SMILES string of the molecule is O=C1C=CCC2=NC(=S)N=C12. The average molecular weight is 164 g/mol. The van der Waals surface area contributed by atoms with E-state index in [-0.39, 0.29) is 10.9 Å². The van der Waals surface area contributed by atoms with Crippen LogP contribution >= 0.6 is 12.2 Å². The fourth-order valence-corrected chi connectivity index (χ4v) is 1.25. The Bertz CT molecular complexity index is 338. The molecule has 0 amide bonds. The van der Waals surface area contributed by atoms with E-state index in [1.54, 1.807) is 6.08 Å². The summed E-state index contributed by atoms with van der Waals surface area (Å²) in [6, 6.07) is 0. The molecule has 0 unspecified atom stereocenters. The largest absolute Gasteiger partial charge is 0.287 e. The molecule has 54 valence electrons. The van der Waals surface area contributed by atoms with Gasteiger partial charge in [0.25, 0.3) is 0 Å². The van der Waals surface area contributed by atoms with Crippen molar-refractivity contribution in [2.24, 2.45) is 9.98 Å². The highest BCUT2D eigenvalue weighted by Gasteiger charge is 2.23. The molecule has 0 atom stereocenters. The minimum atomic E-state index is -0.0881. The molecule has 0 saturated carbocycles. The summed E-state index contributed by atoms with van der Waals surface area (Å²) in [5.74, 6) is -0.0881. The van der Waals surface area contributed by atoms with E-state index in [4.69, 9.17) is 12.2 Å². The van der Waals surface area contributed by atoms with E-state index in [1.165, 1.54) is 6.08 Å². The first-order valence-corrected chi connectivity index (χ1v) is 3.59. The lowest BCUT2D eigenvalue weighted by molar-refractivity contribution is -0.108. The van der Waals surface area contributed by atoms with Crippen LogP contribution in [0.5, 0.6) is 0 Å². The van der Waals surface area contributed by atoms with E-state index < -0.39 is 0 Å². The van der Waals surface area contributed by atoms with Gasteiger partial charge in [-0.2, -0.15) is 0 Å². The maximum atomic E-state index is 11.1. The van der Waals surface area contributed by atoms with Crippen LogP contribution in [0.1, 0.15) is 6.42 Å². The third kappa shape index (κ3) is 0.952. The molecule has 0 aromatic heterocycles. The number of aliphatic imine (C=N–C) groups is 2. The number of carbonyl (C=O) groups excluding carboxylic acids is 1. The summed E-state index contributed by atoms with van der Waals surface area (Å²) in [7, 11) is 0. The predicted molar refractivity (Wildman–Crippen MR) is 46.2 cm³/mol. The van der Waals surface area contributed by atoms with Crippen LogP contribution in [0.3, 0.4) is 0 Å². The van der Waals surface area contributed by atoms with Crippen molar-refractivity contribution in [3.63, 3.8) is 0 Å². The molecular weight excluding hydrogens is 160 g/mol. The van der Waals surface area contributed by atoms with Gasteiger partial charge in [0.15, 0.2) is 0 Å². The molecule has 1 aliphatic carbocycles. The number of carbonyl (C=O) groups is 1. The average Bonchev–Trinajstić information content (AvgIpc) is 2.31. The van der Waals surface area contributed by atoms with Crippen molar-refractivity contribution >= 4 is 34.5 Å². The van der Waals surface area contributed by atoms with Crippen molar-refractivity contribution in [2.75, 3.05) is 0 Å². The smallest absolute Gasteiger partial charge is 0.220 e.